The summed E-state index contributed by atoms with van der Waals surface area (Å²) in [5.41, 5.74) is 0. The minimum absolute atomic E-state index is 0.243. The van der Waals surface area contributed by atoms with Crippen LogP contribution in [0.5, 0.6) is 0 Å². The van der Waals surface area contributed by atoms with Crippen LogP contribution in [0.1, 0.15) is 156 Å². The van der Waals surface area contributed by atoms with E-state index in [1.54, 1.807) is 0 Å². The summed E-state index contributed by atoms with van der Waals surface area (Å²) in [4.78, 5) is 35.3. The third kappa shape index (κ3) is 11.1. The lowest BCUT2D eigenvalue weighted by molar-refractivity contribution is -0.167. The van der Waals surface area contributed by atoms with Gasteiger partial charge in [0.25, 0.3) is 0 Å². The zero-order valence-electron chi connectivity index (χ0n) is 36.0. The van der Waals surface area contributed by atoms with E-state index in [1.807, 2.05) is 0 Å². The predicted molar refractivity (Wildman–Crippen MR) is 221 cm³/mol. The number of fused-ring (bicyclic) bond motifs is 2. The molecule has 56 heavy (non-hydrogen) atoms. The average molecular weight is 785 g/mol. The third-order valence-electron chi connectivity index (χ3n) is 15.2. The number of hydrogen-bond donors (Lipinski definition) is 0. The molecule has 10 heteroatoms. The zero-order valence-corrected chi connectivity index (χ0v) is 36.0. The molecule has 10 nitrogen and oxygen atoms in total. The van der Waals surface area contributed by atoms with Crippen LogP contribution in [0.25, 0.3) is 0 Å². The van der Waals surface area contributed by atoms with Crippen molar-refractivity contribution in [3.05, 3.63) is 0 Å². The molecule has 0 bridgehead atoms. The lowest BCUT2D eigenvalue weighted by Crippen LogP contribution is -2.61. The highest BCUT2D eigenvalue weighted by Crippen LogP contribution is 2.37. The minimum Gasteiger partial charge on any atom is -0.379 e. The molecule has 0 radical (unpaired) electrons. The van der Waals surface area contributed by atoms with Crippen LogP contribution in [-0.4, -0.2) is 145 Å². The highest BCUT2D eigenvalue weighted by atomic mass is 16.5. The number of likely N-dealkylation sites (tertiary alicyclic amines) is 2. The van der Waals surface area contributed by atoms with Gasteiger partial charge in [-0.2, -0.15) is 0 Å². The summed E-state index contributed by atoms with van der Waals surface area (Å²) in [5.74, 6) is 2.00. The normalized spacial score (nSPS) is 36.0. The number of carbonyl (C=O) groups excluding carboxylic acids is 2. The second-order valence-electron chi connectivity index (χ2n) is 19.7. The Morgan fingerprint density at radius 2 is 0.839 bits per heavy atom. The van der Waals surface area contributed by atoms with E-state index in [4.69, 9.17) is 18.9 Å². The molecule has 4 atom stereocenters. The molecule has 8 fully saturated rings. The molecule has 0 aromatic heterocycles. The zero-order chi connectivity index (χ0) is 39.0. The Morgan fingerprint density at radius 3 is 1.20 bits per heavy atom. The van der Waals surface area contributed by atoms with E-state index in [9.17, 15) is 9.59 Å². The molecular formula is C46H80N4O6. The summed E-state index contributed by atoms with van der Waals surface area (Å²) in [6.07, 6.45) is 25.9. The van der Waals surface area contributed by atoms with Gasteiger partial charge < -0.3 is 38.5 Å². The summed E-state index contributed by atoms with van der Waals surface area (Å²) < 4.78 is 23.4. The van der Waals surface area contributed by atoms with Crippen LogP contribution in [0.15, 0.2) is 0 Å². The van der Waals surface area contributed by atoms with Crippen LogP contribution >= 0.6 is 0 Å². The number of rotatable bonds is 10. The Kier molecular flexibility index (Phi) is 15.9. The van der Waals surface area contributed by atoms with Gasteiger partial charge in [0.15, 0.2) is 0 Å². The van der Waals surface area contributed by atoms with Gasteiger partial charge in [-0.15, -0.1) is 0 Å². The largest absolute Gasteiger partial charge is 0.379 e. The van der Waals surface area contributed by atoms with Crippen molar-refractivity contribution >= 4 is 11.8 Å². The molecule has 4 saturated carbocycles. The SMILES string of the molecule is CC(C)OCC1CCC(N2CCC(N3C(=O)CO[C@H]4CCCC[C@@H]43)CC2)CC1.CC(C)OCC1CCC(N2CCC(N3C(=O)CO[C@H]4CCCC[C@@H]43)CC2)CC1. The molecular weight excluding hydrogens is 705 g/mol. The molecule has 320 valence electrons. The molecule has 2 amide bonds. The summed E-state index contributed by atoms with van der Waals surface area (Å²) in [7, 11) is 0. The summed E-state index contributed by atoms with van der Waals surface area (Å²) in [6, 6.07) is 3.08. The van der Waals surface area contributed by atoms with Crippen molar-refractivity contribution in [2.75, 3.05) is 52.6 Å². The molecule has 4 heterocycles. The van der Waals surface area contributed by atoms with Gasteiger partial charge in [-0.1, -0.05) is 25.7 Å². The first-order chi connectivity index (χ1) is 27.2. The molecule has 8 rings (SSSR count). The van der Waals surface area contributed by atoms with Gasteiger partial charge in [-0.25, -0.2) is 0 Å². The van der Waals surface area contributed by atoms with Gasteiger partial charge in [0.2, 0.25) is 11.8 Å². The van der Waals surface area contributed by atoms with Crippen molar-refractivity contribution in [2.45, 2.75) is 217 Å². The van der Waals surface area contributed by atoms with Crippen molar-refractivity contribution in [1.29, 1.82) is 0 Å². The highest BCUT2D eigenvalue weighted by molar-refractivity contribution is 5.79. The summed E-state index contributed by atoms with van der Waals surface area (Å²) in [5, 5.41) is 0. The Hall–Kier alpha value is -1.30. The Bertz CT molecular complexity index is 1110. The maximum Gasteiger partial charge on any atom is 0.249 e. The van der Waals surface area contributed by atoms with E-state index in [0.29, 0.717) is 61.8 Å². The third-order valence-corrected chi connectivity index (χ3v) is 15.2. The molecule has 4 saturated heterocycles. The Morgan fingerprint density at radius 1 is 0.482 bits per heavy atom. The molecule has 8 aliphatic rings. The number of carbonyl (C=O) groups is 2. The van der Waals surface area contributed by atoms with E-state index < -0.39 is 0 Å². The van der Waals surface area contributed by atoms with Crippen molar-refractivity contribution in [3.63, 3.8) is 0 Å². The summed E-state index contributed by atoms with van der Waals surface area (Å²) in [6.45, 7) is 15.6. The molecule has 0 aromatic rings. The van der Waals surface area contributed by atoms with Crippen LogP contribution in [0.2, 0.25) is 0 Å². The van der Waals surface area contributed by atoms with Gasteiger partial charge in [0.1, 0.15) is 13.2 Å². The van der Waals surface area contributed by atoms with Crippen LogP contribution in [0.4, 0.5) is 0 Å². The highest BCUT2D eigenvalue weighted by Gasteiger charge is 2.44. The number of piperidine rings is 2. The molecule has 0 aromatic carbocycles. The van der Waals surface area contributed by atoms with Gasteiger partial charge in [-0.3, -0.25) is 9.59 Å². The fourth-order valence-electron chi connectivity index (χ4n) is 12.1. The van der Waals surface area contributed by atoms with E-state index in [2.05, 4.69) is 47.3 Å². The lowest BCUT2D eigenvalue weighted by atomic mass is 9.84. The fourth-order valence-corrected chi connectivity index (χ4v) is 12.1. The van der Waals surface area contributed by atoms with Crippen molar-refractivity contribution in [3.8, 4) is 0 Å². The number of ether oxygens (including phenoxy) is 4. The quantitative estimate of drug-likeness (QED) is 0.230. The van der Waals surface area contributed by atoms with Crippen LogP contribution in [-0.2, 0) is 28.5 Å². The Balaban J connectivity index is 0.000000172. The smallest absolute Gasteiger partial charge is 0.249 e. The van der Waals surface area contributed by atoms with Crippen LogP contribution < -0.4 is 0 Å². The standard InChI is InChI=1S/2C23H40N2O3/c2*1-17(2)27-15-18-7-9-19(10-8-18)24-13-11-20(12-14-24)25-21-5-3-4-6-22(21)28-16-23(25)26/h2*17-22H,3-16H2,1-2H3/t2*18?,19?,21-,22-/m00/s1. The molecule has 0 unspecified atom stereocenters. The molecule has 4 aliphatic heterocycles. The second kappa shape index (κ2) is 20.8. The van der Waals surface area contributed by atoms with Crippen LogP contribution in [0.3, 0.4) is 0 Å². The minimum atomic E-state index is 0.243. The fraction of sp³-hybridized carbons (Fsp3) is 0.957. The van der Waals surface area contributed by atoms with Gasteiger partial charge in [-0.05, 0) is 142 Å². The first-order valence-corrected chi connectivity index (χ1v) is 23.8. The van der Waals surface area contributed by atoms with E-state index in [1.165, 1.54) is 77.0 Å². The maximum absolute atomic E-state index is 12.7. The van der Waals surface area contributed by atoms with Crippen molar-refractivity contribution < 1.29 is 28.5 Å². The van der Waals surface area contributed by atoms with Gasteiger partial charge in [0.05, 0.1) is 36.5 Å². The Labute approximate surface area is 340 Å². The van der Waals surface area contributed by atoms with Gasteiger partial charge >= 0.3 is 0 Å². The first-order valence-electron chi connectivity index (χ1n) is 23.8. The van der Waals surface area contributed by atoms with Crippen LogP contribution in [0, 0.1) is 11.8 Å². The topological polar surface area (TPSA) is 84.0 Å². The predicted octanol–water partition coefficient (Wildman–Crippen LogP) is 7.21. The lowest BCUT2D eigenvalue weighted by Gasteiger charge is -2.50. The maximum atomic E-state index is 12.7. The number of amides is 2. The number of nitrogens with zero attached hydrogens (tertiary/aromatic N) is 4. The van der Waals surface area contributed by atoms with Crippen molar-refractivity contribution in [2.24, 2.45) is 11.8 Å². The molecule has 4 aliphatic carbocycles. The van der Waals surface area contributed by atoms with Gasteiger partial charge in [0, 0.05) is 63.6 Å². The van der Waals surface area contributed by atoms with E-state index in [0.717, 1.165) is 115 Å². The molecule has 0 N–H and O–H groups in total. The summed E-state index contributed by atoms with van der Waals surface area (Å²) >= 11 is 0. The van der Waals surface area contributed by atoms with Crippen molar-refractivity contribution in [1.82, 2.24) is 19.6 Å². The number of morpholine rings is 2. The number of hydrogen-bond acceptors (Lipinski definition) is 8. The molecule has 0 spiro atoms. The first kappa shape index (κ1) is 42.8. The second-order valence-corrected chi connectivity index (χ2v) is 19.7. The van der Waals surface area contributed by atoms with E-state index in [-0.39, 0.29) is 11.8 Å². The van der Waals surface area contributed by atoms with E-state index >= 15 is 0 Å². The monoisotopic (exact) mass is 785 g/mol. The average Bonchev–Trinajstić information content (AvgIpc) is 3.23.